The fraction of sp³-hybridized carbons (Fsp3) is 0.812. The number of aromatic nitrogens is 2. The van der Waals surface area contributed by atoms with Crippen LogP contribution in [0, 0.1) is 0 Å². The molecule has 1 aromatic heterocycles. The van der Waals surface area contributed by atoms with Gasteiger partial charge >= 0.3 is 0 Å². The zero-order valence-electron chi connectivity index (χ0n) is 12.6. The molecule has 1 saturated heterocycles. The first-order valence-electron chi connectivity index (χ1n) is 8.22. The van der Waals surface area contributed by atoms with E-state index in [9.17, 15) is 0 Å². The molecule has 1 saturated carbocycles. The molecular formula is C16H27N3O. The number of hydrogen-bond donors (Lipinski definition) is 1. The molecule has 1 N–H and O–H groups in total. The van der Waals surface area contributed by atoms with Gasteiger partial charge in [0.1, 0.15) is 0 Å². The Bertz CT molecular complexity index is 406. The summed E-state index contributed by atoms with van der Waals surface area (Å²) < 4.78 is 7.90. The first kappa shape index (κ1) is 14.1. The maximum atomic E-state index is 5.72. The minimum Gasteiger partial charge on any atom is -0.377 e. The van der Waals surface area contributed by atoms with Crippen molar-refractivity contribution >= 4 is 0 Å². The van der Waals surface area contributed by atoms with Crippen molar-refractivity contribution in [2.75, 3.05) is 6.61 Å². The van der Waals surface area contributed by atoms with Gasteiger partial charge < -0.3 is 10.1 Å². The lowest BCUT2D eigenvalue weighted by atomic mass is 9.96. The predicted octanol–water partition coefficient (Wildman–Crippen LogP) is 3.05. The molecule has 3 rings (SSSR count). The number of nitrogens with zero attached hydrogens (tertiary/aromatic N) is 2. The lowest BCUT2D eigenvalue weighted by Gasteiger charge is -2.22. The fourth-order valence-electron chi connectivity index (χ4n) is 3.41. The third-order valence-corrected chi connectivity index (χ3v) is 4.74. The van der Waals surface area contributed by atoms with E-state index in [1.54, 1.807) is 0 Å². The third kappa shape index (κ3) is 3.41. The van der Waals surface area contributed by atoms with Crippen LogP contribution in [0.25, 0.3) is 0 Å². The minimum absolute atomic E-state index is 0.385. The van der Waals surface area contributed by atoms with Crippen LogP contribution < -0.4 is 5.32 Å². The highest BCUT2D eigenvalue weighted by molar-refractivity contribution is 5.00. The molecule has 1 aromatic rings. The molecular weight excluding hydrogens is 250 g/mol. The zero-order chi connectivity index (χ0) is 13.8. The van der Waals surface area contributed by atoms with E-state index in [4.69, 9.17) is 9.84 Å². The van der Waals surface area contributed by atoms with Crippen LogP contribution in [-0.2, 0) is 11.3 Å². The SMILES string of the molecule is CC(NCc1ccn(C2CCCCC2)n1)C1CCCO1. The summed E-state index contributed by atoms with van der Waals surface area (Å²) in [5, 5.41) is 8.30. The summed E-state index contributed by atoms with van der Waals surface area (Å²) in [5.74, 6) is 0. The van der Waals surface area contributed by atoms with Gasteiger partial charge in [-0.25, -0.2) is 0 Å². The molecule has 4 nitrogen and oxygen atoms in total. The highest BCUT2D eigenvalue weighted by Gasteiger charge is 2.22. The first-order valence-corrected chi connectivity index (χ1v) is 8.22. The topological polar surface area (TPSA) is 39.1 Å². The molecule has 0 amide bonds. The summed E-state index contributed by atoms with van der Waals surface area (Å²) in [4.78, 5) is 0. The van der Waals surface area contributed by atoms with E-state index in [1.807, 2.05) is 0 Å². The predicted molar refractivity (Wildman–Crippen MR) is 79.6 cm³/mol. The Hall–Kier alpha value is -0.870. The van der Waals surface area contributed by atoms with E-state index in [0.29, 0.717) is 18.2 Å². The van der Waals surface area contributed by atoms with Gasteiger partial charge in [-0.2, -0.15) is 5.10 Å². The molecule has 1 aliphatic carbocycles. The summed E-state index contributed by atoms with van der Waals surface area (Å²) in [6, 6.07) is 3.20. The van der Waals surface area contributed by atoms with E-state index in [2.05, 4.69) is 29.2 Å². The average molecular weight is 277 g/mol. The summed E-state index contributed by atoms with van der Waals surface area (Å²) in [6.45, 7) is 3.99. The van der Waals surface area contributed by atoms with Gasteiger partial charge in [0.2, 0.25) is 0 Å². The second kappa shape index (κ2) is 6.72. The average Bonchev–Trinajstić information content (AvgIpc) is 3.17. The summed E-state index contributed by atoms with van der Waals surface area (Å²) >= 11 is 0. The van der Waals surface area contributed by atoms with Crippen molar-refractivity contribution in [1.29, 1.82) is 0 Å². The van der Waals surface area contributed by atoms with Gasteiger partial charge in [0.15, 0.2) is 0 Å². The third-order valence-electron chi connectivity index (χ3n) is 4.74. The molecule has 0 bridgehead atoms. The molecule has 1 aliphatic heterocycles. The summed E-state index contributed by atoms with van der Waals surface area (Å²) in [7, 11) is 0. The number of rotatable bonds is 5. The van der Waals surface area contributed by atoms with Crippen molar-refractivity contribution < 1.29 is 4.74 Å². The van der Waals surface area contributed by atoms with Gasteiger partial charge in [0.05, 0.1) is 17.8 Å². The van der Waals surface area contributed by atoms with Gasteiger partial charge in [-0.05, 0) is 38.7 Å². The maximum Gasteiger partial charge on any atom is 0.0762 e. The molecule has 0 aromatic carbocycles. The van der Waals surface area contributed by atoms with Crippen LogP contribution in [0.4, 0.5) is 0 Å². The van der Waals surface area contributed by atoms with Crippen LogP contribution in [0.3, 0.4) is 0 Å². The minimum atomic E-state index is 0.385. The van der Waals surface area contributed by atoms with Crippen molar-refractivity contribution in [2.24, 2.45) is 0 Å². The van der Waals surface area contributed by atoms with Crippen molar-refractivity contribution in [3.05, 3.63) is 18.0 Å². The monoisotopic (exact) mass is 277 g/mol. The number of hydrogen-bond acceptors (Lipinski definition) is 3. The molecule has 2 heterocycles. The van der Waals surface area contributed by atoms with Gasteiger partial charge in [-0.15, -0.1) is 0 Å². The molecule has 112 valence electrons. The molecule has 20 heavy (non-hydrogen) atoms. The van der Waals surface area contributed by atoms with E-state index in [1.165, 1.54) is 44.9 Å². The highest BCUT2D eigenvalue weighted by atomic mass is 16.5. The largest absolute Gasteiger partial charge is 0.377 e. The molecule has 2 unspecified atom stereocenters. The van der Waals surface area contributed by atoms with Crippen molar-refractivity contribution in [3.8, 4) is 0 Å². The lowest BCUT2D eigenvalue weighted by Crippen LogP contribution is -2.36. The Balaban J connectivity index is 1.49. The van der Waals surface area contributed by atoms with Crippen LogP contribution in [0.1, 0.15) is 63.6 Å². The van der Waals surface area contributed by atoms with Gasteiger partial charge in [-0.1, -0.05) is 19.3 Å². The Morgan fingerprint density at radius 3 is 2.90 bits per heavy atom. The van der Waals surface area contributed by atoms with Crippen LogP contribution >= 0.6 is 0 Å². The number of nitrogens with one attached hydrogen (secondary N) is 1. The van der Waals surface area contributed by atoms with Crippen LogP contribution in [-0.4, -0.2) is 28.5 Å². The lowest BCUT2D eigenvalue weighted by molar-refractivity contribution is 0.0830. The Morgan fingerprint density at radius 1 is 1.30 bits per heavy atom. The normalized spacial score (nSPS) is 25.9. The molecule has 0 radical (unpaired) electrons. The highest BCUT2D eigenvalue weighted by Crippen LogP contribution is 2.27. The Labute approximate surface area is 121 Å². The molecule has 4 heteroatoms. The van der Waals surface area contributed by atoms with E-state index in [0.717, 1.165) is 18.8 Å². The molecule has 0 spiro atoms. The van der Waals surface area contributed by atoms with Crippen molar-refractivity contribution in [3.63, 3.8) is 0 Å². The second-order valence-corrected chi connectivity index (χ2v) is 6.30. The summed E-state index contributed by atoms with van der Waals surface area (Å²) in [6.07, 6.45) is 11.6. The standard InChI is InChI=1S/C16H27N3O/c1-13(16-8-5-11-20-16)17-12-14-9-10-19(18-14)15-6-3-2-4-7-15/h9-10,13,15-17H,2-8,11-12H2,1H3. The Morgan fingerprint density at radius 2 is 2.15 bits per heavy atom. The zero-order valence-corrected chi connectivity index (χ0v) is 12.6. The van der Waals surface area contributed by atoms with Crippen LogP contribution in [0.15, 0.2) is 12.3 Å². The van der Waals surface area contributed by atoms with Crippen molar-refractivity contribution in [2.45, 2.75) is 76.6 Å². The fourth-order valence-corrected chi connectivity index (χ4v) is 3.41. The van der Waals surface area contributed by atoms with E-state index < -0.39 is 0 Å². The molecule has 2 fully saturated rings. The van der Waals surface area contributed by atoms with Gasteiger partial charge in [-0.3, -0.25) is 4.68 Å². The summed E-state index contributed by atoms with van der Waals surface area (Å²) in [5.41, 5.74) is 1.15. The smallest absolute Gasteiger partial charge is 0.0762 e. The Kier molecular flexibility index (Phi) is 4.73. The maximum absolute atomic E-state index is 5.72. The van der Waals surface area contributed by atoms with Crippen LogP contribution in [0.5, 0.6) is 0 Å². The molecule has 2 aliphatic rings. The number of ether oxygens (including phenoxy) is 1. The van der Waals surface area contributed by atoms with E-state index >= 15 is 0 Å². The first-order chi connectivity index (χ1) is 9.83. The van der Waals surface area contributed by atoms with Crippen LogP contribution in [0.2, 0.25) is 0 Å². The molecule has 2 atom stereocenters. The van der Waals surface area contributed by atoms with Crippen molar-refractivity contribution in [1.82, 2.24) is 15.1 Å². The van der Waals surface area contributed by atoms with Gasteiger partial charge in [0, 0.05) is 25.4 Å². The quantitative estimate of drug-likeness (QED) is 0.899. The van der Waals surface area contributed by atoms with E-state index in [-0.39, 0.29) is 0 Å². The van der Waals surface area contributed by atoms with Gasteiger partial charge in [0.25, 0.3) is 0 Å². The second-order valence-electron chi connectivity index (χ2n) is 6.30.